The highest BCUT2D eigenvalue weighted by atomic mass is 16.3. The van der Waals surface area contributed by atoms with E-state index in [2.05, 4.69) is 27.7 Å². The fraction of sp³-hybridized carbons (Fsp3) is 0.611. The molecular formula is C18H27NO2. The van der Waals surface area contributed by atoms with E-state index in [1.807, 2.05) is 29.2 Å². The first-order valence-corrected chi connectivity index (χ1v) is 7.90. The molecule has 3 nitrogen and oxygen atoms in total. The van der Waals surface area contributed by atoms with Crippen LogP contribution in [0.2, 0.25) is 0 Å². The summed E-state index contributed by atoms with van der Waals surface area (Å²) in [5, 5.41) is 9.93. The lowest BCUT2D eigenvalue weighted by Crippen LogP contribution is -2.45. The van der Waals surface area contributed by atoms with Crippen molar-refractivity contribution in [3.63, 3.8) is 0 Å². The van der Waals surface area contributed by atoms with E-state index < -0.39 is 0 Å². The molecule has 1 saturated heterocycles. The lowest BCUT2D eigenvalue weighted by Gasteiger charge is -2.36. The summed E-state index contributed by atoms with van der Waals surface area (Å²) in [5.41, 5.74) is 2.08. The van der Waals surface area contributed by atoms with Crippen molar-refractivity contribution in [2.45, 2.75) is 52.1 Å². The predicted octanol–water partition coefficient (Wildman–Crippen LogP) is 3.22. The lowest BCUT2D eigenvalue weighted by molar-refractivity contribution is 0.0229. The minimum atomic E-state index is -0.262. The van der Waals surface area contributed by atoms with E-state index >= 15 is 0 Å². The summed E-state index contributed by atoms with van der Waals surface area (Å²) in [6, 6.07) is 7.94. The van der Waals surface area contributed by atoms with Crippen LogP contribution >= 0.6 is 0 Å². The number of piperidine rings is 1. The van der Waals surface area contributed by atoms with Crippen LogP contribution < -0.4 is 0 Å². The number of rotatable bonds is 2. The SMILES string of the molecule is CCC1CN(C(=O)c2ccc(C(C)(C)C)cc2)CCC1O. The number of carbonyl (C=O) groups is 1. The van der Waals surface area contributed by atoms with Gasteiger partial charge >= 0.3 is 0 Å². The van der Waals surface area contributed by atoms with Crippen LogP contribution in [0, 0.1) is 5.92 Å². The third kappa shape index (κ3) is 3.65. The van der Waals surface area contributed by atoms with Crippen molar-refractivity contribution >= 4 is 5.91 Å². The molecule has 2 atom stereocenters. The highest BCUT2D eigenvalue weighted by molar-refractivity contribution is 5.94. The maximum Gasteiger partial charge on any atom is 0.253 e. The molecule has 0 radical (unpaired) electrons. The van der Waals surface area contributed by atoms with Gasteiger partial charge in [0.15, 0.2) is 0 Å². The monoisotopic (exact) mass is 289 g/mol. The average molecular weight is 289 g/mol. The molecule has 0 saturated carbocycles. The molecule has 1 aliphatic rings. The van der Waals surface area contributed by atoms with Gasteiger partial charge < -0.3 is 10.0 Å². The number of hydrogen-bond acceptors (Lipinski definition) is 2. The Hall–Kier alpha value is -1.35. The van der Waals surface area contributed by atoms with Crippen molar-refractivity contribution in [2.24, 2.45) is 5.92 Å². The average Bonchev–Trinajstić information content (AvgIpc) is 2.46. The zero-order chi connectivity index (χ0) is 15.6. The summed E-state index contributed by atoms with van der Waals surface area (Å²) in [7, 11) is 0. The van der Waals surface area contributed by atoms with E-state index in [-0.39, 0.29) is 23.3 Å². The first kappa shape index (κ1) is 16.0. The Labute approximate surface area is 128 Å². The molecule has 0 bridgehead atoms. The van der Waals surface area contributed by atoms with E-state index in [0.717, 1.165) is 12.0 Å². The van der Waals surface area contributed by atoms with Gasteiger partial charge in [-0.3, -0.25) is 4.79 Å². The van der Waals surface area contributed by atoms with Crippen molar-refractivity contribution in [1.29, 1.82) is 0 Å². The van der Waals surface area contributed by atoms with Crippen LogP contribution in [-0.2, 0) is 5.41 Å². The van der Waals surface area contributed by atoms with E-state index in [0.29, 0.717) is 19.5 Å². The summed E-state index contributed by atoms with van der Waals surface area (Å²) in [6.07, 6.45) is 1.33. The standard InChI is InChI=1S/C18H27NO2/c1-5-13-12-19(11-10-16(13)20)17(21)14-6-8-15(9-7-14)18(2,3)4/h6-9,13,16,20H,5,10-12H2,1-4H3. The Morgan fingerprint density at radius 2 is 1.90 bits per heavy atom. The third-order valence-electron chi connectivity index (χ3n) is 4.50. The summed E-state index contributed by atoms with van der Waals surface area (Å²) in [6.45, 7) is 9.89. The van der Waals surface area contributed by atoms with Crippen LogP contribution in [0.4, 0.5) is 0 Å². The summed E-state index contributed by atoms with van der Waals surface area (Å²) >= 11 is 0. The van der Waals surface area contributed by atoms with Crippen molar-refractivity contribution < 1.29 is 9.90 Å². The van der Waals surface area contributed by atoms with Gasteiger partial charge in [0.1, 0.15) is 0 Å². The second-order valence-electron chi connectivity index (χ2n) is 7.10. The van der Waals surface area contributed by atoms with Gasteiger partial charge in [-0.15, -0.1) is 0 Å². The number of hydrogen-bond donors (Lipinski definition) is 1. The summed E-state index contributed by atoms with van der Waals surface area (Å²) in [5.74, 6) is 0.289. The van der Waals surface area contributed by atoms with Crippen LogP contribution in [-0.4, -0.2) is 35.1 Å². The van der Waals surface area contributed by atoms with Gasteiger partial charge in [-0.1, -0.05) is 39.8 Å². The maximum atomic E-state index is 12.6. The molecular weight excluding hydrogens is 262 g/mol. The van der Waals surface area contributed by atoms with Gasteiger partial charge in [-0.25, -0.2) is 0 Å². The number of carbonyl (C=O) groups excluding carboxylic acids is 1. The Morgan fingerprint density at radius 1 is 1.29 bits per heavy atom. The first-order chi connectivity index (χ1) is 9.82. The molecule has 1 fully saturated rings. The van der Waals surface area contributed by atoms with Gasteiger partial charge in [-0.05, 0) is 36.0 Å². The fourth-order valence-corrected chi connectivity index (χ4v) is 2.90. The molecule has 1 aliphatic heterocycles. The van der Waals surface area contributed by atoms with Crippen LogP contribution in [0.5, 0.6) is 0 Å². The van der Waals surface area contributed by atoms with Crippen LogP contribution in [0.25, 0.3) is 0 Å². The molecule has 1 aromatic carbocycles. The molecule has 1 amide bonds. The Bertz CT molecular complexity index is 487. The van der Waals surface area contributed by atoms with Gasteiger partial charge in [0.05, 0.1) is 6.10 Å². The van der Waals surface area contributed by atoms with Crippen molar-refractivity contribution in [3.8, 4) is 0 Å². The van der Waals surface area contributed by atoms with Crippen LogP contribution in [0.1, 0.15) is 56.5 Å². The molecule has 116 valence electrons. The molecule has 21 heavy (non-hydrogen) atoms. The number of nitrogens with zero attached hydrogens (tertiary/aromatic N) is 1. The third-order valence-corrected chi connectivity index (χ3v) is 4.50. The number of likely N-dealkylation sites (tertiary alicyclic amines) is 1. The summed E-state index contributed by atoms with van der Waals surface area (Å²) < 4.78 is 0. The molecule has 3 heteroatoms. The van der Waals surface area contributed by atoms with Gasteiger partial charge in [-0.2, -0.15) is 0 Å². The fourth-order valence-electron chi connectivity index (χ4n) is 2.90. The molecule has 1 aromatic rings. The lowest BCUT2D eigenvalue weighted by atomic mass is 9.86. The number of amides is 1. The van der Waals surface area contributed by atoms with Crippen molar-refractivity contribution in [2.75, 3.05) is 13.1 Å². The second-order valence-corrected chi connectivity index (χ2v) is 7.10. The molecule has 2 unspecified atom stereocenters. The second kappa shape index (κ2) is 6.18. The predicted molar refractivity (Wildman–Crippen MR) is 85.5 cm³/mol. The zero-order valence-electron chi connectivity index (χ0n) is 13.6. The molecule has 1 N–H and O–H groups in total. The van der Waals surface area contributed by atoms with Gasteiger partial charge in [0, 0.05) is 24.6 Å². The normalized spacial score (nSPS) is 23.2. The minimum absolute atomic E-state index is 0.0841. The molecule has 0 aromatic heterocycles. The smallest absolute Gasteiger partial charge is 0.253 e. The maximum absolute atomic E-state index is 12.6. The highest BCUT2D eigenvalue weighted by Crippen LogP contribution is 2.24. The molecule has 2 rings (SSSR count). The van der Waals surface area contributed by atoms with E-state index in [4.69, 9.17) is 0 Å². The van der Waals surface area contributed by atoms with Crippen LogP contribution in [0.15, 0.2) is 24.3 Å². The van der Waals surface area contributed by atoms with E-state index in [1.54, 1.807) is 0 Å². The number of benzene rings is 1. The molecule has 1 heterocycles. The Morgan fingerprint density at radius 3 is 2.43 bits per heavy atom. The largest absolute Gasteiger partial charge is 0.393 e. The Kier molecular flexibility index (Phi) is 4.72. The number of aliphatic hydroxyl groups excluding tert-OH is 1. The Balaban J connectivity index is 2.10. The zero-order valence-corrected chi connectivity index (χ0v) is 13.6. The highest BCUT2D eigenvalue weighted by Gasteiger charge is 2.29. The van der Waals surface area contributed by atoms with Crippen molar-refractivity contribution in [3.05, 3.63) is 35.4 Å². The number of aliphatic hydroxyl groups is 1. The van der Waals surface area contributed by atoms with Crippen molar-refractivity contribution in [1.82, 2.24) is 4.90 Å². The van der Waals surface area contributed by atoms with Gasteiger partial charge in [0.25, 0.3) is 5.91 Å². The van der Waals surface area contributed by atoms with Crippen LogP contribution in [0.3, 0.4) is 0 Å². The summed E-state index contributed by atoms with van der Waals surface area (Å²) in [4.78, 5) is 14.5. The molecule has 0 aliphatic carbocycles. The minimum Gasteiger partial charge on any atom is -0.393 e. The molecule has 0 spiro atoms. The first-order valence-electron chi connectivity index (χ1n) is 7.90. The van der Waals surface area contributed by atoms with E-state index in [1.165, 1.54) is 5.56 Å². The van der Waals surface area contributed by atoms with E-state index in [9.17, 15) is 9.90 Å². The quantitative estimate of drug-likeness (QED) is 0.908. The topological polar surface area (TPSA) is 40.5 Å². The van der Waals surface area contributed by atoms with Gasteiger partial charge in [0.2, 0.25) is 0 Å².